The molecule has 9 heteroatoms. The van der Waals surface area contributed by atoms with Crippen molar-refractivity contribution in [3.05, 3.63) is 29.8 Å². The molecule has 0 heterocycles. The summed E-state index contributed by atoms with van der Waals surface area (Å²) in [4.78, 5) is 0. The Morgan fingerprint density at radius 3 is 2.09 bits per heavy atom. The predicted octanol–water partition coefficient (Wildman–Crippen LogP) is 9.49. The van der Waals surface area contributed by atoms with Gasteiger partial charge in [0.1, 0.15) is 19.0 Å². The first kappa shape index (κ1) is 31.1. The van der Waals surface area contributed by atoms with Crippen molar-refractivity contribution in [2.45, 2.75) is 103 Å². The number of hydrogen-bond donors (Lipinski definition) is 0. The molecule has 0 N–H and O–H groups in total. The smallest absolute Gasteiger partial charge is 0.236 e. The van der Waals surface area contributed by atoms with Gasteiger partial charge >= 0.3 is 11.8 Å². The highest BCUT2D eigenvalue weighted by Gasteiger charge is 2.56. The van der Waals surface area contributed by atoms with Crippen LogP contribution in [-0.2, 0) is 0 Å². The van der Waals surface area contributed by atoms with Gasteiger partial charge in [0, 0.05) is 12.5 Å². The van der Waals surface area contributed by atoms with Crippen LogP contribution in [0, 0.1) is 23.5 Å². The van der Waals surface area contributed by atoms with Gasteiger partial charge in [0.2, 0.25) is 6.17 Å². The minimum Gasteiger partial charge on any atom is -0.236 e. The average Bonchev–Trinajstić information content (AvgIpc) is 2.74. The van der Waals surface area contributed by atoms with Crippen LogP contribution in [0.5, 0.6) is 0 Å². The van der Waals surface area contributed by atoms with E-state index in [0.29, 0.717) is 6.07 Å². The van der Waals surface area contributed by atoms with Crippen LogP contribution in [0.15, 0.2) is 18.2 Å². The second-order valence-electron chi connectivity index (χ2n) is 9.25. The minimum atomic E-state index is -4.27. The average molecular weight is 522 g/mol. The van der Waals surface area contributed by atoms with Crippen molar-refractivity contribution in [1.82, 2.24) is 0 Å². The van der Waals surface area contributed by atoms with E-state index >= 15 is 8.78 Å². The normalized spacial score (nSPS) is 16.3. The molecule has 4 unspecified atom stereocenters. The number of alkyl halides is 6. The third-order valence-corrected chi connectivity index (χ3v) is 9.73. The zero-order valence-corrected chi connectivity index (χ0v) is 21.3. The molecule has 0 bridgehead atoms. The summed E-state index contributed by atoms with van der Waals surface area (Å²) in [6.07, 6.45) is -4.50. The van der Waals surface area contributed by atoms with Crippen LogP contribution >= 0.6 is 7.92 Å². The molecule has 0 fully saturated rings. The molecule has 0 radical (unpaired) electrons. The SMILES string of the molecule is CCCCC(CC)C(C)C[PH+](c1ccc(F)cc1F)C(F)(F)C(F)CCCCCCC(F)(F)F. The lowest BCUT2D eigenvalue weighted by atomic mass is 9.88. The van der Waals surface area contributed by atoms with Gasteiger partial charge in [-0.05, 0) is 36.8 Å². The fourth-order valence-corrected chi connectivity index (χ4v) is 7.37. The fourth-order valence-electron chi connectivity index (χ4n) is 4.38. The van der Waals surface area contributed by atoms with E-state index in [1.54, 1.807) is 0 Å². The van der Waals surface area contributed by atoms with E-state index in [-0.39, 0.29) is 49.0 Å². The van der Waals surface area contributed by atoms with Gasteiger partial charge in [-0.15, -0.1) is 0 Å². The highest BCUT2D eigenvalue weighted by atomic mass is 31.1. The lowest BCUT2D eigenvalue weighted by Gasteiger charge is -2.28. The lowest BCUT2D eigenvalue weighted by molar-refractivity contribution is -0.135. The summed E-state index contributed by atoms with van der Waals surface area (Å²) < 4.78 is 110. The maximum atomic E-state index is 15.4. The van der Waals surface area contributed by atoms with Gasteiger partial charge in [-0.2, -0.15) is 22.0 Å². The first-order valence-electron chi connectivity index (χ1n) is 12.2. The topological polar surface area (TPSA) is 0 Å². The summed E-state index contributed by atoms with van der Waals surface area (Å²) in [6.45, 7) is 5.84. The first-order chi connectivity index (χ1) is 15.8. The molecule has 0 spiro atoms. The van der Waals surface area contributed by atoms with Crippen LogP contribution in [0.4, 0.5) is 35.1 Å². The van der Waals surface area contributed by atoms with Crippen molar-refractivity contribution in [2.24, 2.45) is 11.8 Å². The monoisotopic (exact) mass is 521 g/mol. The molecule has 4 atom stereocenters. The van der Waals surface area contributed by atoms with Gasteiger partial charge in [0.25, 0.3) is 0 Å². The Hall–Kier alpha value is -0.910. The quantitative estimate of drug-likeness (QED) is 0.115. The van der Waals surface area contributed by atoms with Gasteiger partial charge in [0.15, 0.2) is 5.82 Å². The summed E-state index contributed by atoms with van der Waals surface area (Å²) in [5, 5.41) is -0.304. The van der Waals surface area contributed by atoms with Crippen molar-refractivity contribution in [2.75, 3.05) is 6.16 Å². The molecule has 0 amide bonds. The fraction of sp³-hybridized carbons (Fsp3) is 0.760. The van der Waals surface area contributed by atoms with Gasteiger partial charge < -0.3 is 0 Å². The van der Waals surface area contributed by atoms with Crippen LogP contribution in [0.3, 0.4) is 0 Å². The summed E-state index contributed by atoms with van der Waals surface area (Å²) >= 11 is 0. The molecule has 0 saturated heterocycles. The Morgan fingerprint density at radius 1 is 0.882 bits per heavy atom. The zero-order valence-electron chi connectivity index (χ0n) is 20.3. The number of unbranched alkanes of at least 4 members (excludes halogenated alkanes) is 4. The van der Waals surface area contributed by atoms with Crippen molar-refractivity contribution >= 4 is 13.2 Å². The lowest BCUT2D eigenvalue weighted by Crippen LogP contribution is -2.35. The summed E-state index contributed by atoms with van der Waals surface area (Å²) in [7, 11) is -3.09. The molecular weight excluding hydrogens is 483 g/mol. The standard InChI is InChI=1S/C25H37F8P/c1-4-6-11-19(5-2)18(3)17-34(22-14-13-20(26)16-21(22)27)25(32,33)23(28)12-9-7-8-10-15-24(29,30)31/h13-14,16,18-19,23H,4-12,15,17H2,1-3H3/p+1. The predicted molar refractivity (Wildman–Crippen MR) is 125 cm³/mol. The molecule has 0 aliphatic rings. The summed E-state index contributed by atoms with van der Waals surface area (Å²) in [5.74, 6) is -2.01. The highest BCUT2D eigenvalue weighted by molar-refractivity contribution is 7.66. The number of hydrogen-bond acceptors (Lipinski definition) is 0. The van der Waals surface area contributed by atoms with Crippen LogP contribution in [0.25, 0.3) is 0 Å². The van der Waals surface area contributed by atoms with Crippen LogP contribution in [0.1, 0.15) is 85.0 Å². The van der Waals surface area contributed by atoms with Crippen molar-refractivity contribution in [1.29, 1.82) is 0 Å². The van der Waals surface area contributed by atoms with E-state index in [1.807, 2.05) is 20.8 Å². The molecule has 0 aliphatic heterocycles. The van der Waals surface area contributed by atoms with Crippen molar-refractivity contribution in [3.63, 3.8) is 0 Å². The Balaban J connectivity index is 2.96. The summed E-state index contributed by atoms with van der Waals surface area (Å²) in [5.41, 5.74) is -3.80. The number of halogens is 8. The van der Waals surface area contributed by atoms with Crippen molar-refractivity contribution < 1.29 is 35.1 Å². The highest BCUT2D eigenvalue weighted by Crippen LogP contribution is 2.57. The van der Waals surface area contributed by atoms with E-state index < -0.39 is 50.4 Å². The third kappa shape index (κ3) is 10.4. The Kier molecular flexibility index (Phi) is 13.4. The third-order valence-electron chi connectivity index (χ3n) is 6.50. The van der Waals surface area contributed by atoms with E-state index in [1.165, 1.54) is 0 Å². The maximum Gasteiger partial charge on any atom is 0.389 e. The Labute approximate surface area is 199 Å². The van der Waals surface area contributed by atoms with E-state index in [9.17, 15) is 26.3 Å². The number of rotatable bonds is 16. The molecule has 0 saturated carbocycles. The molecule has 1 aromatic carbocycles. The first-order valence-corrected chi connectivity index (χ1v) is 13.9. The van der Waals surface area contributed by atoms with Crippen molar-refractivity contribution in [3.8, 4) is 0 Å². The van der Waals surface area contributed by atoms with Crippen LogP contribution < -0.4 is 5.30 Å². The molecule has 1 rings (SSSR count). The van der Waals surface area contributed by atoms with E-state index in [4.69, 9.17) is 0 Å². The zero-order chi connectivity index (χ0) is 25.9. The van der Waals surface area contributed by atoms with Crippen LogP contribution in [-0.4, -0.2) is 24.2 Å². The van der Waals surface area contributed by atoms with E-state index in [0.717, 1.165) is 37.8 Å². The molecule has 34 heavy (non-hydrogen) atoms. The van der Waals surface area contributed by atoms with Gasteiger partial charge in [0.05, 0.1) is 6.16 Å². The number of benzene rings is 1. The Morgan fingerprint density at radius 2 is 1.53 bits per heavy atom. The molecule has 1 aromatic rings. The maximum absolute atomic E-state index is 15.4. The molecule has 0 nitrogen and oxygen atoms in total. The second-order valence-corrected chi connectivity index (χ2v) is 11.8. The largest absolute Gasteiger partial charge is 0.389 e. The Bertz CT molecular complexity index is 707. The van der Waals surface area contributed by atoms with E-state index in [2.05, 4.69) is 0 Å². The second kappa shape index (κ2) is 14.6. The van der Waals surface area contributed by atoms with Gasteiger partial charge in [-0.3, -0.25) is 0 Å². The molecule has 0 aromatic heterocycles. The summed E-state index contributed by atoms with van der Waals surface area (Å²) in [6, 6.07) is 2.49. The van der Waals surface area contributed by atoms with Gasteiger partial charge in [-0.25, -0.2) is 13.2 Å². The molecular formula is C25H38F8P+. The van der Waals surface area contributed by atoms with Crippen LogP contribution in [0.2, 0.25) is 0 Å². The molecule has 0 aliphatic carbocycles. The minimum absolute atomic E-state index is 0.0271. The van der Waals surface area contributed by atoms with Gasteiger partial charge in [-0.1, -0.05) is 65.7 Å². The molecule has 198 valence electrons.